The number of imidazole rings is 1. The zero-order valence-electron chi connectivity index (χ0n) is 21.0. The maximum Gasteiger partial charge on any atom is 0.213 e. The zero-order chi connectivity index (χ0) is 25.4. The van der Waals surface area contributed by atoms with E-state index in [2.05, 4.69) is 39.6 Å². The van der Waals surface area contributed by atoms with Crippen LogP contribution in [0.1, 0.15) is 19.3 Å². The molecule has 0 aliphatic heterocycles. The Labute approximate surface area is 219 Å². The Bertz CT molecular complexity index is 1550. The third kappa shape index (κ3) is 4.45. The predicted octanol–water partition coefficient (Wildman–Crippen LogP) is 5.81. The number of aromatic nitrogens is 5. The van der Waals surface area contributed by atoms with E-state index in [1.165, 1.54) is 0 Å². The number of ether oxygens (including phenoxy) is 2. The number of hydrogen-bond donors (Lipinski definition) is 1. The Balaban J connectivity index is 1.61. The van der Waals surface area contributed by atoms with Crippen molar-refractivity contribution in [3.63, 3.8) is 0 Å². The van der Waals surface area contributed by atoms with Crippen molar-refractivity contribution in [2.24, 2.45) is 7.05 Å². The lowest BCUT2D eigenvalue weighted by atomic mass is 10.00. The standard InChI is InChI=1S/C28H28N6O2S/c1-34-14-13-30-27(34)26-32-25(31-19-9-10-20(16-19)35-2)23-22(17-7-5-4-6-8-17)24(37-28(23)33-26)18-11-12-29-21(15-18)36-3/h4-8,11-15,19-20H,9-10,16H2,1-3H3,(H,31,32,33)/t19-,20-/m1/s1. The minimum absolute atomic E-state index is 0.264. The lowest BCUT2D eigenvalue weighted by molar-refractivity contribution is 0.108. The molecular weight excluding hydrogens is 484 g/mol. The van der Waals surface area contributed by atoms with Crippen LogP contribution < -0.4 is 10.1 Å². The maximum absolute atomic E-state index is 5.64. The summed E-state index contributed by atoms with van der Waals surface area (Å²) in [6.45, 7) is 0. The van der Waals surface area contributed by atoms with Gasteiger partial charge < -0.3 is 19.4 Å². The molecule has 1 N–H and O–H groups in total. The van der Waals surface area contributed by atoms with Gasteiger partial charge in [-0.3, -0.25) is 0 Å². The van der Waals surface area contributed by atoms with Gasteiger partial charge in [0.15, 0.2) is 11.6 Å². The van der Waals surface area contributed by atoms with E-state index >= 15 is 0 Å². The van der Waals surface area contributed by atoms with Crippen LogP contribution in [0.25, 0.3) is 43.4 Å². The van der Waals surface area contributed by atoms with Crippen molar-refractivity contribution in [3.8, 4) is 39.1 Å². The Hall–Kier alpha value is -3.82. The summed E-state index contributed by atoms with van der Waals surface area (Å²) in [6, 6.07) is 14.7. The second kappa shape index (κ2) is 9.91. The molecular formula is C28H28N6O2S. The first kappa shape index (κ1) is 23.6. The number of anilines is 1. The smallest absolute Gasteiger partial charge is 0.213 e. The quantitative estimate of drug-likeness (QED) is 0.294. The molecule has 0 radical (unpaired) electrons. The van der Waals surface area contributed by atoms with Gasteiger partial charge in [0.1, 0.15) is 10.6 Å². The number of pyridine rings is 1. The second-order valence-electron chi connectivity index (χ2n) is 9.21. The van der Waals surface area contributed by atoms with Crippen molar-refractivity contribution in [3.05, 3.63) is 61.1 Å². The number of nitrogens with one attached hydrogen (secondary N) is 1. The number of methoxy groups -OCH3 is 2. The first-order valence-corrected chi connectivity index (χ1v) is 13.1. The Morgan fingerprint density at radius 3 is 2.59 bits per heavy atom. The van der Waals surface area contributed by atoms with Crippen molar-refractivity contribution < 1.29 is 9.47 Å². The molecule has 6 rings (SSSR count). The number of hydrogen-bond acceptors (Lipinski definition) is 8. The molecule has 0 spiro atoms. The van der Waals surface area contributed by atoms with Gasteiger partial charge in [-0.25, -0.2) is 19.9 Å². The molecule has 1 aliphatic rings. The van der Waals surface area contributed by atoms with Gasteiger partial charge in [-0.15, -0.1) is 11.3 Å². The fourth-order valence-electron chi connectivity index (χ4n) is 5.01. The summed E-state index contributed by atoms with van der Waals surface area (Å²) in [5.41, 5.74) is 3.24. The number of rotatable bonds is 7. The fourth-order valence-corrected chi connectivity index (χ4v) is 6.20. The summed E-state index contributed by atoms with van der Waals surface area (Å²) in [4.78, 5) is 20.9. The van der Waals surface area contributed by atoms with Crippen LogP contribution in [0.4, 0.5) is 5.82 Å². The lowest BCUT2D eigenvalue weighted by Crippen LogP contribution is -2.18. The molecule has 37 heavy (non-hydrogen) atoms. The van der Waals surface area contributed by atoms with Gasteiger partial charge in [0, 0.05) is 55.3 Å². The van der Waals surface area contributed by atoms with E-state index in [-0.39, 0.29) is 12.1 Å². The lowest BCUT2D eigenvalue weighted by Gasteiger charge is -2.16. The van der Waals surface area contributed by atoms with Gasteiger partial charge in [0.25, 0.3) is 0 Å². The average Bonchev–Trinajstić information content (AvgIpc) is 3.67. The van der Waals surface area contributed by atoms with E-state index in [1.54, 1.807) is 38.0 Å². The topological polar surface area (TPSA) is 87.0 Å². The highest BCUT2D eigenvalue weighted by Gasteiger charge is 2.28. The molecule has 1 aromatic carbocycles. The van der Waals surface area contributed by atoms with Crippen molar-refractivity contribution >= 4 is 27.4 Å². The Kier molecular flexibility index (Phi) is 6.31. The maximum atomic E-state index is 5.64. The third-order valence-corrected chi connectivity index (χ3v) is 8.03. The van der Waals surface area contributed by atoms with Crippen LogP contribution in [0.5, 0.6) is 5.88 Å². The monoisotopic (exact) mass is 512 g/mol. The van der Waals surface area contributed by atoms with E-state index in [0.717, 1.165) is 62.7 Å². The van der Waals surface area contributed by atoms with E-state index in [0.29, 0.717) is 11.7 Å². The fraction of sp³-hybridized carbons (Fsp3) is 0.286. The Morgan fingerprint density at radius 2 is 1.86 bits per heavy atom. The summed E-state index contributed by atoms with van der Waals surface area (Å²) in [5, 5.41) is 4.78. The predicted molar refractivity (Wildman–Crippen MR) is 147 cm³/mol. The molecule has 8 nitrogen and oxygen atoms in total. The summed E-state index contributed by atoms with van der Waals surface area (Å²) in [7, 11) is 5.38. The van der Waals surface area contributed by atoms with Crippen molar-refractivity contribution in [1.29, 1.82) is 0 Å². The summed E-state index contributed by atoms with van der Waals surface area (Å²) >= 11 is 1.65. The molecule has 0 saturated heterocycles. The molecule has 4 aromatic heterocycles. The minimum atomic E-state index is 0.264. The van der Waals surface area contributed by atoms with E-state index in [4.69, 9.17) is 19.4 Å². The largest absolute Gasteiger partial charge is 0.481 e. The molecule has 4 heterocycles. The highest BCUT2D eigenvalue weighted by atomic mass is 32.1. The molecule has 5 aromatic rings. The van der Waals surface area contributed by atoms with Crippen molar-refractivity contribution in [2.45, 2.75) is 31.4 Å². The zero-order valence-corrected chi connectivity index (χ0v) is 21.8. The number of aryl methyl sites for hydroxylation is 1. The van der Waals surface area contributed by atoms with E-state index < -0.39 is 0 Å². The van der Waals surface area contributed by atoms with Crippen LogP contribution in [0.15, 0.2) is 61.1 Å². The van der Waals surface area contributed by atoms with Gasteiger partial charge in [-0.1, -0.05) is 30.3 Å². The highest BCUT2D eigenvalue weighted by Crippen LogP contribution is 2.47. The average molecular weight is 513 g/mol. The molecule has 0 bridgehead atoms. The molecule has 2 atom stereocenters. The number of nitrogens with zero attached hydrogens (tertiary/aromatic N) is 5. The highest BCUT2D eigenvalue weighted by molar-refractivity contribution is 7.22. The molecule has 9 heteroatoms. The second-order valence-corrected chi connectivity index (χ2v) is 10.2. The summed E-state index contributed by atoms with van der Waals surface area (Å²) in [6.07, 6.45) is 8.73. The normalized spacial score (nSPS) is 17.4. The van der Waals surface area contributed by atoms with E-state index in [1.807, 2.05) is 36.0 Å². The summed E-state index contributed by atoms with van der Waals surface area (Å²) < 4.78 is 13.0. The van der Waals surface area contributed by atoms with Gasteiger partial charge in [0.05, 0.1) is 18.6 Å². The van der Waals surface area contributed by atoms with Crippen LogP contribution in [0.2, 0.25) is 0 Å². The molecule has 188 valence electrons. The van der Waals surface area contributed by atoms with Gasteiger partial charge in [-0.05, 0) is 36.5 Å². The minimum Gasteiger partial charge on any atom is -0.481 e. The van der Waals surface area contributed by atoms with E-state index in [9.17, 15) is 0 Å². The first-order chi connectivity index (χ1) is 18.1. The molecule has 1 saturated carbocycles. The van der Waals surface area contributed by atoms with Crippen LogP contribution in [0.3, 0.4) is 0 Å². The third-order valence-electron chi connectivity index (χ3n) is 6.90. The van der Waals surface area contributed by atoms with Gasteiger partial charge >= 0.3 is 0 Å². The molecule has 1 aliphatic carbocycles. The SMILES string of the molecule is COc1cc(-c2sc3nc(-c4nccn4C)nc(N[C@@H]4CC[C@@H](OC)C4)c3c2-c2ccccc2)ccn1. The number of benzene rings is 1. The van der Waals surface area contributed by atoms with Gasteiger partial charge in [-0.2, -0.15) is 0 Å². The summed E-state index contributed by atoms with van der Waals surface area (Å²) in [5.74, 6) is 2.73. The van der Waals surface area contributed by atoms with Crippen LogP contribution in [-0.2, 0) is 11.8 Å². The van der Waals surface area contributed by atoms with Crippen molar-refractivity contribution in [1.82, 2.24) is 24.5 Å². The Morgan fingerprint density at radius 1 is 1.00 bits per heavy atom. The number of fused-ring (bicyclic) bond motifs is 1. The van der Waals surface area contributed by atoms with Crippen LogP contribution in [-0.4, -0.2) is 50.9 Å². The van der Waals surface area contributed by atoms with Crippen molar-refractivity contribution in [2.75, 3.05) is 19.5 Å². The molecule has 1 fully saturated rings. The van der Waals surface area contributed by atoms with Crippen LogP contribution in [0, 0.1) is 0 Å². The molecule has 0 unspecified atom stereocenters. The van der Waals surface area contributed by atoms with Gasteiger partial charge in [0.2, 0.25) is 5.88 Å². The van der Waals surface area contributed by atoms with Crippen LogP contribution >= 0.6 is 11.3 Å². The molecule has 0 amide bonds. The first-order valence-electron chi connectivity index (χ1n) is 12.3. The number of thiophene rings is 1.